The van der Waals surface area contributed by atoms with Crippen LogP contribution in [0.4, 0.5) is 5.95 Å². The van der Waals surface area contributed by atoms with Gasteiger partial charge in [-0.1, -0.05) is 23.8 Å². The zero-order valence-electron chi connectivity index (χ0n) is 15.4. The third-order valence-corrected chi connectivity index (χ3v) is 4.25. The fraction of sp³-hybridized carbons (Fsp3) is 0.250. The van der Waals surface area contributed by atoms with Crippen molar-refractivity contribution < 1.29 is 4.74 Å². The average molecular weight is 350 g/mol. The zero-order valence-corrected chi connectivity index (χ0v) is 15.4. The molecule has 6 nitrogen and oxygen atoms in total. The number of fused-ring (bicyclic) bond motifs is 1. The van der Waals surface area contributed by atoms with Crippen molar-refractivity contribution >= 4 is 22.6 Å². The topological polar surface area (TPSA) is 68.5 Å². The summed E-state index contributed by atoms with van der Waals surface area (Å²) < 4.78 is 6.99. The molecule has 0 aliphatic carbocycles. The van der Waals surface area contributed by atoms with E-state index in [1.54, 1.807) is 17.7 Å². The first kappa shape index (κ1) is 17.7. The minimum absolute atomic E-state index is 0.0819. The molecule has 1 N–H and O–H groups in total. The lowest BCUT2D eigenvalue weighted by Gasteiger charge is -2.12. The Morgan fingerprint density at radius 1 is 1.27 bits per heavy atom. The van der Waals surface area contributed by atoms with Crippen LogP contribution in [0.3, 0.4) is 0 Å². The number of para-hydroxylation sites is 1. The van der Waals surface area contributed by atoms with Gasteiger partial charge in [-0.25, -0.2) is 10.4 Å². The first-order valence-electron chi connectivity index (χ1n) is 8.50. The van der Waals surface area contributed by atoms with Gasteiger partial charge in [0, 0.05) is 12.1 Å². The summed E-state index contributed by atoms with van der Waals surface area (Å²) in [5.74, 6) is 1.17. The first-order valence-corrected chi connectivity index (χ1v) is 8.50. The fourth-order valence-corrected chi connectivity index (χ4v) is 2.85. The van der Waals surface area contributed by atoms with Gasteiger partial charge in [0.15, 0.2) is 0 Å². The summed E-state index contributed by atoms with van der Waals surface area (Å²) in [6.07, 6.45) is 0. The first-order chi connectivity index (χ1) is 12.5. The van der Waals surface area contributed by atoms with E-state index in [4.69, 9.17) is 4.74 Å². The summed E-state index contributed by atoms with van der Waals surface area (Å²) in [6.45, 7) is 6.31. The molecule has 3 rings (SSSR count). The Hall–Kier alpha value is -3.15. The van der Waals surface area contributed by atoms with Crippen molar-refractivity contribution in [3.8, 4) is 5.75 Å². The third kappa shape index (κ3) is 3.31. The van der Waals surface area contributed by atoms with E-state index in [2.05, 4.69) is 15.5 Å². The van der Waals surface area contributed by atoms with Gasteiger partial charge < -0.3 is 4.74 Å². The molecule has 0 fully saturated rings. The van der Waals surface area contributed by atoms with Crippen LogP contribution in [0.1, 0.15) is 25.0 Å². The summed E-state index contributed by atoms with van der Waals surface area (Å²) in [4.78, 5) is 17.2. The molecule has 2 aromatic carbocycles. The number of aryl methyl sites for hydroxylation is 1. The fourth-order valence-electron chi connectivity index (χ4n) is 2.85. The summed E-state index contributed by atoms with van der Waals surface area (Å²) in [6, 6.07) is 13.2. The number of hydrazone groups is 1. The number of rotatable bonds is 5. The molecule has 26 heavy (non-hydrogen) atoms. The molecule has 0 aliphatic heterocycles. The molecular weight excluding hydrogens is 328 g/mol. The van der Waals surface area contributed by atoms with Crippen LogP contribution in [0.2, 0.25) is 0 Å². The summed E-state index contributed by atoms with van der Waals surface area (Å²) in [5.41, 5.74) is 6.27. The van der Waals surface area contributed by atoms with Gasteiger partial charge in [-0.3, -0.25) is 9.36 Å². The normalized spacial score (nSPS) is 11.6. The largest absolute Gasteiger partial charge is 0.496 e. The van der Waals surface area contributed by atoms with Gasteiger partial charge in [-0.2, -0.15) is 5.10 Å². The Morgan fingerprint density at radius 3 is 2.77 bits per heavy atom. The highest BCUT2D eigenvalue weighted by Crippen LogP contribution is 2.20. The highest BCUT2D eigenvalue weighted by molar-refractivity contribution is 6.01. The number of anilines is 1. The number of nitrogens with one attached hydrogen (secondary N) is 1. The van der Waals surface area contributed by atoms with Gasteiger partial charge in [0.05, 0.1) is 23.7 Å². The average Bonchev–Trinajstić information content (AvgIpc) is 2.66. The molecule has 0 saturated heterocycles. The van der Waals surface area contributed by atoms with E-state index in [0.29, 0.717) is 23.4 Å². The number of benzene rings is 2. The zero-order chi connectivity index (χ0) is 18.7. The van der Waals surface area contributed by atoms with Gasteiger partial charge in [-0.15, -0.1) is 0 Å². The van der Waals surface area contributed by atoms with Crippen LogP contribution in [0.15, 0.2) is 52.4 Å². The smallest absolute Gasteiger partial charge is 0.262 e. The Labute approximate surface area is 152 Å². The van der Waals surface area contributed by atoms with Crippen molar-refractivity contribution in [2.45, 2.75) is 27.3 Å². The quantitative estimate of drug-likeness (QED) is 0.564. The number of aromatic nitrogens is 2. The highest BCUT2D eigenvalue weighted by atomic mass is 16.5. The van der Waals surface area contributed by atoms with Crippen LogP contribution in [0, 0.1) is 6.92 Å². The van der Waals surface area contributed by atoms with E-state index in [1.165, 1.54) is 0 Å². The van der Waals surface area contributed by atoms with E-state index >= 15 is 0 Å². The summed E-state index contributed by atoms with van der Waals surface area (Å²) in [5, 5.41) is 5.03. The molecule has 6 heteroatoms. The number of hydrogen-bond acceptors (Lipinski definition) is 5. The second-order valence-electron chi connectivity index (χ2n) is 6.01. The predicted molar refractivity (Wildman–Crippen MR) is 105 cm³/mol. The molecule has 3 aromatic rings. The van der Waals surface area contributed by atoms with Crippen molar-refractivity contribution in [1.82, 2.24) is 9.55 Å². The van der Waals surface area contributed by atoms with Crippen molar-refractivity contribution in [3.05, 3.63) is 63.9 Å². The Morgan fingerprint density at radius 2 is 2.04 bits per heavy atom. The maximum atomic E-state index is 12.7. The molecule has 0 saturated carbocycles. The Kier molecular flexibility index (Phi) is 5.02. The van der Waals surface area contributed by atoms with E-state index < -0.39 is 0 Å². The molecule has 1 heterocycles. The van der Waals surface area contributed by atoms with Crippen LogP contribution in [0.5, 0.6) is 5.75 Å². The number of nitrogens with zero attached hydrogens (tertiary/aromatic N) is 3. The van der Waals surface area contributed by atoms with Crippen molar-refractivity contribution in [3.63, 3.8) is 0 Å². The van der Waals surface area contributed by atoms with Gasteiger partial charge in [0.1, 0.15) is 5.75 Å². The van der Waals surface area contributed by atoms with Crippen LogP contribution < -0.4 is 15.7 Å². The Bertz CT molecular complexity index is 1040. The van der Waals surface area contributed by atoms with E-state index in [9.17, 15) is 4.79 Å². The molecule has 0 radical (unpaired) electrons. The van der Waals surface area contributed by atoms with E-state index in [1.807, 2.05) is 57.2 Å². The Balaban J connectivity index is 2.03. The van der Waals surface area contributed by atoms with E-state index in [-0.39, 0.29) is 5.56 Å². The number of hydrogen-bond donors (Lipinski definition) is 1. The number of ether oxygens (including phenoxy) is 1. The van der Waals surface area contributed by atoms with Crippen LogP contribution in [-0.4, -0.2) is 22.4 Å². The van der Waals surface area contributed by atoms with Crippen LogP contribution in [0.25, 0.3) is 10.9 Å². The second kappa shape index (κ2) is 7.39. The molecule has 0 atom stereocenters. The minimum Gasteiger partial charge on any atom is -0.496 e. The molecule has 0 amide bonds. The minimum atomic E-state index is -0.0819. The van der Waals surface area contributed by atoms with Gasteiger partial charge in [-0.05, 0) is 45.0 Å². The van der Waals surface area contributed by atoms with Gasteiger partial charge in [0.2, 0.25) is 5.95 Å². The number of methoxy groups -OCH3 is 1. The van der Waals surface area contributed by atoms with Crippen molar-refractivity contribution in [2.24, 2.45) is 5.10 Å². The maximum Gasteiger partial charge on any atom is 0.262 e. The SMILES string of the molecule is CCn1c(N/N=C(/C)c2cc(C)ccc2OC)nc2ccccc2c1=O. The molecule has 134 valence electrons. The standard InChI is InChI=1S/C20H22N4O2/c1-5-24-19(25)15-8-6-7-9-17(15)21-20(24)23-22-14(3)16-12-13(2)10-11-18(16)26-4/h6-12H,5H2,1-4H3,(H,21,23)/b22-14-. The van der Waals surface area contributed by atoms with Crippen molar-refractivity contribution in [1.29, 1.82) is 0 Å². The van der Waals surface area contributed by atoms with Gasteiger partial charge >= 0.3 is 0 Å². The molecule has 0 spiro atoms. The summed E-state index contributed by atoms with van der Waals surface area (Å²) in [7, 11) is 1.63. The lowest BCUT2D eigenvalue weighted by Crippen LogP contribution is -2.23. The molecule has 0 unspecified atom stereocenters. The lowest BCUT2D eigenvalue weighted by atomic mass is 10.1. The van der Waals surface area contributed by atoms with Crippen molar-refractivity contribution in [2.75, 3.05) is 12.5 Å². The second-order valence-corrected chi connectivity index (χ2v) is 6.01. The van der Waals surface area contributed by atoms with Crippen LogP contribution >= 0.6 is 0 Å². The molecule has 0 bridgehead atoms. The lowest BCUT2D eigenvalue weighted by molar-refractivity contribution is 0.414. The molecular formula is C20H22N4O2. The molecule has 1 aromatic heterocycles. The van der Waals surface area contributed by atoms with Crippen LogP contribution in [-0.2, 0) is 6.54 Å². The maximum absolute atomic E-state index is 12.7. The molecule has 0 aliphatic rings. The summed E-state index contributed by atoms with van der Waals surface area (Å²) >= 11 is 0. The third-order valence-electron chi connectivity index (χ3n) is 4.25. The van der Waals surface area contributed by atoms with E-state index in [0.717, 1.165) is 22.6 Å². The monoisotopic (exact) mass is 350 g/mol. The highest BCUT2D eigenvalue weighted by Gasteiger charge is 2.10. The predicted octanol–water partition coefficient (Wildman–Crippen LogP) is 3.57. The van der Waals surface area contributed by atoms with Gasteiger partial charge in [0.25, 0.3) is 5.56 Å².